The van der Waals surface area contributed by atoms with Gasteiger partial charge in [0, 0.05) is 54.7 Å². The Kier molecular flexibility index (Phi) is 5.22. The molecular weight excluding hydrogens is 354 g/mol. The van der Waals surface area contributed by atoms with Crippen LogP contribution < -0.4 is 9.80 Å². The summed E-state index contributed by atoms with van der Waals surface area (Å²) in [5, 5.41) is 11.3. The zero-order chi connectivity index (χ0) is 19.7. The van der Waals surface area contributed by atoms with Crippen LogP contribution in [0, 0.1) is 0 Å². The molecule has 6 nitrogen and oxygen atoms in total. The molecule has 4 rings (SSSR count). The van der Waals surface area contributed by atoms with Crippen molar-refractivity contribution in [2.24, 2.45) is 0 Å². The fourth-order valence-electron chi connectivity index (χ4n) is 4.41. The first kappa shape index (κ1) is 18.7. The number of aliphatic carboxylic acids is 1. The number of nitrogens with zero attached hydrogens (tertiary/aromatic N) is 3. The van der Waals surface area contributed by atoms with Gasteiger partial charge in [-0.3, -0.25) is 14.5 Å². The molecule has 1 amide bonds. The molecule has 1 saturated heterocycles. The molecule has 0 radical (unpaired) electrons. The molecule has 0 aromatic heterocycles. The Morgan fingerprint density at radius 2 is 1.89 bits per heavy atom. The van der Waals surface area contributed by atoms with E-state index in [0.29, 0.717) is 0 Å². The Morgan fingerprint density at radius 1 is 1.07 bits per heavy atom. The van der Waals surface area contributed by atoms with E-state index in [9.17, 15) is 9.59 Å². The highest BCUT2D eigenvalue weighted by Crippen LogP contribution is 2.41. The molecule has 148 valence electrons. The van der Waals surface area contributed by atoms with Gasteiger partial charge in [-0.15, -0.1) is 0 Å². The highest BCUT2D eigenvalue weighted by Gasteiger charge is 2.30. The van der Waals surface area contributed by atoms with Crippen LogP contribution in [0.4, 0.5) is 11.4 Å². The molecule has 0 bridgehead atoms. The maximum atomic E-state index is 12.9. The number of carboxylic acids is 1. The van der Waals surface area contributed by atoms with E-state index in [1.54, 1.807) is 0 Å². The minimum absolute atomic E-state index is 0.0958. The molecule has 2 heterocycles. The highest BCUT2D eigenvalue weighted by molar-refractivity contribution is 6.26. The van der Waals surface area contributed by atoms with Gasteiger partial charge in [0.2, 0.25) is 0 Å². The van der Waals surface area contributed by atoms with E-state index in [-0.39, 0.29) is 12.5 Å². The lowest BCUT2D eigenvalue weighted by Crippen LogP contribution is -2.34. The van der Waals surface area contributed by atoms with Crippen molar-refractivity contribution >= 4 is 34.0 Å². The largest absolute Gasteiger partial charge is 0.480 e. The van der Waals surface area contributed by atoms with Gasteiger partial charge in [-0.05, 0) is 31.0 Å². The van der Waals surface area contributed by atoms with Gasteiger partial charge in [-0.1, -0.05) is 25.5 Å². The molecule has 0 unspecified atom stereocenters. The molecular formula is C22H27N3O3. The fraction of sp³-hybridized carbons (Fsp3) is 0.455. The third kappa shape index (κ3) is 3.33. The maximum Gasteiger partial charge on any atom is 0.317 e. The summed E-state index contributed by atoms with van der Waals surface area (Å²) in [5.74, 6) is -0.667. The van der Waals surface area contributed by atoms with E-state index in [4.69, 9.17) is 5.11 Å². The number of benzene rings is 2. The Bertz CT molecular complexity index is 911. The summed E-state index contributed by atoms with van der Waals surface area (Å²) in [5.41, 5.74) is 2.96. The number of hydrogen-bond donors (Lipinski definition) is 1. The van der Waals surface area contributed by atoms with Crippen LogP contribution in [0.15, 0.2) is 30.3 Å². The average molecular weight is 381 g/mol. The topological polar surface area (TPSA) is 64.1 Å². The quantitative estimate of drug-likeness (QED) is 0.833. The first-order chi connectivity index (χ1) is 13.6. The fourth-order valence-corrected chi connectivity index (χ4v) is 4.41. The van der Waals surface area contributed by atoms with E-state index < -0.39 is 5.97 Å². The number of carboxylic acid groups (broad SMARTS) is 1. The molecule has 2 aromatic carbocycles. The number of carbonyl (C=O) groups is 2. The van der Waals surface area contributed by atoms with Crippen molar-refractivity contribution in [2.75, 3.05) is 49.1 Å². The van der Waals surface area contributed by atoms with E-state index in [0.717, 1.165) is 79.7 Å². The van der Waals surface area contributed by atoms with Gasteiger partial charge in [0.05, 0.1) is 12.2 Å². The molecule has 0 aliphatic carbocycles. The molecule has 1 N–H and O–H groups in total. The van der Waals surface area contributed by atoms with Gasteiger partial charge in [-0.25, -0.2) is 0 Å². The van der Waals surface area contributed by atoms with Crippen LogP contribution in [0.1, 0.15) is 36.5 Å². The minimum atomic E-state index is -0.774. The zero-order valence-electron chi connectivity index (χ0n) is 16.4. The number of amides is 1. The Balaban J connectivity index is 1.66. The van der Waals surface area contributed by atoms with E-state index in [1.807, 2.05) is 21.9 Å². The second kappa shape index (κ2) is 7.80. The summed E-state index contributed by atoms with van der Waals surface area (Å²) < 4.78 is 0. The molecule has 0 saturated carbocycles. The Hall–Kier alpha value is -2.60. The van der Waals surface area contributed by atoms with Gasteiger partial charge in [-0.2, -0.15) is 0 Å². The number of hydrogen-bond acceptors (Lipinski definition) is 4. The molecule has 1 fully saturated rings. The van der Waals surface area contributed by atoms with Gasteiger partial charge in [0.15, 0.2) is 0 Å². The molecule has 2 aromatic rings. The highest BCUT2D eigenvalue weighted by atomic mass is 16.4. The van der Waals surface area contributed by atoms with E-state index in [1.165, 1.54) is 0 Å². The maximum absolute atomic E-state index is 12.9. The monoisotopic (exact) mass is 381 g/mol. The Labute approximate surface area is 165 Å². The van der Waals surface area contributed by atoms with Crippen LogP contribution in [-0.4, -0.2) is 61.2 Å². The van der Waals surface area contributed by atoms with Crippen molar-refractivity contribution in [1.29, 1.82) is 0 Å². The minimum Gasteiger partial charge on any atom is -0.480 e. The number of anilines is 2. The van der Waals surface area contributed by atoms with E-state index in [2.05, 4.69) is 30.0 Å². The summed E-state index contributed by atoms with van der Waals surface area (Å²) in [7, 11) is 0. The van der Waals surface area contributed by atoms with Gasteiger partial charge < -0.3 is 14.9 Å². The van der Waals surface area contributed by atoms with Crippen molar-refractivity contribution < 1.29 is 14.7 Å². The van der Waals surface area contributed by atoms with Crippen LogP contribution in [0.25, 0.3) is 10.8 Å². The molecule has 28 heavy (non-hydrogen) atoms. The SMILES string of the molecule is CCCCN1C(=O)c2cccc3c(N4CCCN(CC(=O)O)CC4)ccc1c23. The van der Waals surface area contributed by atoms with Crippen molar-refractivity contribution in [2.45, 2.75) is 26.2 Å². The van der Waals surface area contributed by atoms with Crippen LogP contribution in [0.5, 0.6) is 0 Å². The lowest BCUT2D eigenvalue weighted by atomic mass is 10.0. The van der Waals surface area contributed by atoms with E-state index >= 15 is 0 Å². The second-order valence-corrected chi connectivity index (χ2v) is 7.65. The molecule has 0 spiro atoms. The summed E-state index contributed by atoms with van der Waals surface area (Å²) in [6.07, 6.45) is 2.98. The lowest BCUT2D eigenvalue weighted by molar-refractivity contribution is -0.138. The third-order valence-electron chi connectivity index (χ3n) is 5.79. The van der Waals surface area contributed by atoms with Crippen LogP contribution in [-0.2, 0) is 4.79 Å². The summed E-state index contributed by atoms with van der Waals surface area (Å²) in [6.45, 7) is 6.20. The first-order valence-electron chi connectivity index (χ1n) is 10.2. The molecule has 2 aliphatic heterocycles. The third-order valence-corrected chi connectivity index (χ3v) is 5.79. The van der Waals surface area contributed by atoms with Crippen molar-refractivity contribution in [3.63, 3.8) is 0 Å². The molecule has 0 atom stereocenters. The van der Waals surface area contributed by atoms with Gasteiger partial charge >= 0.3 is 5.97 Å². The standard InChI is InChI=1S/C22H27N3O3/c1-2-3-12-25-19-9-8-18(16-6-4-7-17(21(16)19)22(25)28)24-11-5-10-23(13-14-24)15-20(26)27/h4,6-9H,2-3,5,10-15H2,1H3,(H,26,27). The molecule has 6 heteroatoms. The number of rotatable bonds is 6. The Morgan fingerprint density at radius 3 is 2.68 bits per heavy atom. The van der Waals surface area contributed by atoms with Crippen molar-refractivity contribution in [3.8, 4) is 0 Å². The van der Waals surface area contributed by atoms with Crippen LogP contribution in [0.3, 0.4) is 0 Å². The smallest absolute Gasteiger partial charge is 0.317 e. The summed E-state index contributed by atoms with van der Waals surface area (Å²) in [6, 6.07) is 10.2. The number of unbranched alkanes of at least 4 members (excludes halogenated alkanes) is 1. The normalized spacial score (nSPS) is 17.4. The summed E-state index contributed by atoms with van der Waals surface area (Å²) >= 11 is 0. The zero-order valence-corrected chi connectivity index (χ0v) is 16.4. The summed E-state index contributed by atoms with van der Waals surface area (Å²) in [4.78, 5) is 30.2. The predicted octanol–water partition coefficient (Wildman–Crippen LogP) is 3.20. The first-order valence-corrected chi connectivity index (χ1v) is 10.2. The van der Waals surface area contributed by atoms with Gasteiger partial charge in [0.1, 0.15) is 0 Å². The van der Waals surface area contributed by atoms with Gasteiger partial charge in [0.25, 0.3) is 5.91 Å². The van der Waals surface area contributed by atoms with Crippen molar-refractivity contribution in [1.82, 2.24) is 4.90 Å². The second-order valence-electron chi connectivity index (χ2n) is 7.65. The van der Waals surface area contributed by atoms with Crippen molar-refractivity contribution in [3.05, 3.63) is 35.9 Å². The average Bonchev–Trinajstić information content (AvgIpc) is 2.83. The lowest BCUT2D eigenvalue weighted by Gasteiger charge is -2.25. The van der Waals surface area contributed by atoms with Crippen LogP contribution in [0.2, 0.25) is 0 Å². The van der Waals surface area contributed by atoms with Crippen LogP contribution >= 0.6 is 0 Å². The number of carbonyl (C=O) groups excluding carboxylic acids is 1. The molecule has 2 aliphatic rings. The predicted molar refractivity (Wildman–Crippen MR) is 111 cm³/mol.